The Bertz CT molecular complexity index is 448. The summed E-state index contributed by atoms with van der Waals surface area (Å²) in [5, 5.41) is 0. The number of carbonyl (C=O) groups excluding carboxylic acids is 1. The van der Waals surface area contributed by atoms with E-state index in [1.165, 1.54) is 0 Å². The number of nitrogens with zero attached hydrogens (tertiary/aromatic N) is 1. The van der Waals surface area contributed by atoms with Gasteiger partial charge in [0.1, 0.15) is 6.10 Å². The van der Waals surface area contributed by atoms with Crippen LogP contribution >= 0.6 is 0 Å². The number of hydrogen-bond donors (Lipinski definition) is 0. The molecule has 1 rings (SSSR count). The van der Waals surface area contributed by atoms with E-state index in [0.717, 1.165) is 0 Å². The molecule has 2 unspecified atom stereocenters. The first-order chi connectivity index (χ1) is 9.91. The molecule has 1 amide bonds. The Morgan fingerprint density at radius 3 is 2.71 bits per heavy atom. The molecule has 0 bridgehead atoms. The molecule has 0 radical (unpaired) electrons. The molecule has 0 aromatic rings. The smallest absolute Gasteiger partial charge is 0.251 e. The van der Waals surface area contributed by atoms with E-state index in [4.69, 9.17) is 9.47 Å². The molecule has 1 aliphatic heterocycles. The van der Waals surface area contributed by atoms with Gasteiger partial charge in [0.2, 0.25) is 0 Å². The van der Waals surface area contributed by atoms with Gasteiger partial charge < -0.3 is 14.4 Å². The van der Waals surface area contributed by atoms with Crippen LogP contribution in [0.5, 0.6) is 0 Å². The van der Waals surface area contributed by atoms with E-state index in [-0.39, 0.29) is 23.5 Å². The third kappa shape index (κ3) is 5.76. The zero-order chi connectivity index (χ0) is 15.9. The first-order valence-corrected chi connectivity index (χ1v) is 8.95. The average molecular weight is 319 g/mol. The summed E-state index contributed by atoms with van der Waals surface area (Å²) in [5.74, 6) is -0.0136. The predicted octanol–water partition coefficient (Wildman–Crippen LogP) is 0.630. The van der Waals surface area contributed by atoms with Crippen LogP contribution in [-0.4, -0.2) is 69.7 Å². The van der Waals surface area contributed by atoms with Crippen LogP contribution in [0.3, 0.4) is 0 Å². The SMILES string of the molecule is C=CCCOC(C)C(=O)N(CCOC)C1CCS(=O)(=O)C1. The minimum atomic E-state index is -3.03. The fourth-order valence-electron chi connectivity index (χ4n) is 2.32. The molecule has 2 atom stereocenters. The maximum Gasteiger partial charge on any atom is 0.251 e. The van der Waals surface area contributed by atoms with Crippen molar-refractivity contribution < 1.29 is 22.7 Å². The van der Waals surface area contributed by atoms with Crippen molar-refractivity contribution in [3.63, 3.8) is 0 Å². The van der Waals surface area contributed by atoms with Crippen LogP contribution in [0.2, 0.25) is 0 Å². The lowest BCUT2D eigenvalue weighted by atomic mass is 10.2. The molecule has 0 aromatic carbocycles. The first-order valence-electron chi connectivity index (χ1n) is 7.13. The fraction of sp³-hybridized carbons (Fsp3) is 0.786. The number of ether oxygens (including phenoxy) is 2. The van der Waals surface area contributed by atoms with Crippen LogP contribution < -0.4 is 0 Å². The molecule has 0 saturated carbocycles. The zero-order valence-corrected chi connectivity index (χ0v) is 13.6. The summed E-state index contributed by atoms with van der Waals surface area (Å²) in [4.78, 5) is 14.1. The second-order valence-corrected chi connectivity index (χ2v) is 7.40. The van der Waals surface area contributed by atoms with Crippen molar-refractivity contribution in [1.82, 2.24) is 4.90 Å². The number of methoxy groups -OCH3 is 1. The van der Waals surface area contributed by atoms with Crippen molar-refractivity contribution in [2.45, 2.75) is 31.9 Å². The summed E-state index contributed by atoms with van der Waals surface area (Å²) >= 11 is 0. The van der Waals surface area contributed by atoms with Gasteiger partial charge in [-0.2, -0.15) is 0 Å². The van der Waals surface area contributed by atoms with Gasteiger partial charge in [-0.3, -0.25) is 4.79 Å². The summed E-state index contributed by atoms with van der Waals surface area (Å²) in [5.41, 5.74) is 0. The Balaban J connectivity index is 2.67. The van der Waals surface area contributed by atoms with Crippen LogP contribution in [0.4, 0.5) is 0 Å². The maximum absolute atomic E-state index is 12.5. The lowest BCUT2D eigenvalue weighted by Crippen LogP contribution is -2.47. The number of sulfone groups is 1. The van der Waals surface area contributed by atoms with Gasteiger partial charge >= 0.3 is 0 Å². The molecule has 1 fully saturated rings. The van der Waals surface area contributed by atoms with Gasteiger partial charge in [-0.25, -0.2) is 8.42 Å². The minimum absolute atomic E-state index is 0.0296. The van der Waals surface area contributed by atoms with Crippen LogP contribution in [0.15, 0.2) is 12.7 Å². The molecule has 122 valence electrons. The van der Waals surface area contributed by atoms with Crippen molar-refractivity contribution in [1.29, 1.82) is 0 Å². The number of amides is 1. The molecular weight excluding hydrogens is 294 g/mol. The highest BCUT2D eigenvalue weighted by molar-refractivity contribution is 7.91. The second-order valence-electron chi connectivity index (χ2n) is 5.17. The largest absolute Gasteiger partial charge is 0.383 e. The molecule has 7 heteroatoms. The fourth-order valence-corrected chi connectivity index (χ4v) is 4.05. The van der Waals surface area contributed by atoms with Crippen LogP contribution in [-0.2, 0) is 24.1 Å². The van der Waals surface area contributed by atoms with Crippen molar-refractivity contribution in [3.05, 3.63) is 12.7 Å². The van der Waals surface area contributed by atoms with Crippen LogP contribution in [0, 0.1) is 0 Å². The highest BCUT2D eigenvalue weighted by Crippen LogP contribution is 2.19. The van der Waals surface area contributed by atoms with E-state index in [9.17, 15) is 13.2 Å². The van der Waals surface area contributed by atoms with Crippen molar-refractivity contribution >= 4 is 15.7 Å². The molecule has 0 spiro atoms. The normalized spacial score (nSPS) is 21.9. The Morgan fingerprint density at radius 2 is 2.19 bits per heavy atom. The van der Waals surface area contributed by atoms with Gasteiger partial charge in [-0.05, 0) is 19.8 Å². The summed E-state index contributed by atoms with van der Waals surface area (Å²) in [7, 11) is -1.48. The van der Waals surface area contributed by atoms with Crippen molar-refractivity contribution in [2.75, 3.05) is 38.4 Å². The Labute approximate surface area is 127 Å². The zero-order valence-electron chi connectivity index (χ0n) is 12.8. The third-order valence-corrected chi connectivity index (χ3v) is 5.26. The Kier molecular flexibility index (Phi) is 7.34. The van der Waals surface area contributed by atoms with Gasteiger partial charge in [0.05, 0.1) is 24.7 Å². The molecular formula is C14H25NO5S. The van der Waals surface area contributed by atoms with E-state index in [1.54, 1.807) is 25.0 Å². The standard InChI is InChI=1S/C14H25NO5S/c1-4-5-8-20-12(2)14(16)15(7-9-19-3)13-6-10-21(17,18)11-13/h4,12-13H,1,5-11H2,2-3H3. The summed E-state index contributed by atoms with van der Waals surface area (Å²) in [6.07, 6.45) is 2.29. The van der Waals surface area contributed by atoms with E-state index >= 15 is 0 Å². The quantitative estimate of drug-likeness (QED) is 0.460. The van der Waals surface area contributed by atoms with Gasteiger partial charge in [0, 0.05) is 19.7 Å². The molecule has 21 heavy (non-hydrogen) atoms. The number of rotatable bonds is 9. The molecule has 0 N–H and O–H groups in total. The lowest BCUT2D eigenvalue weighted by Gasteiger charge is -2.30. The first kappa shape index (κ1) is 18.1. The van der Waals surface area contributed by atoms with Crippen LogP contribution in [0.25, 0.3) is 0 Å². The monoisotopic (exact) mass is 319 g/mol. The average Bonchev–Trinajstić information content (AvgIpc) is 2.79. The highest BCUT2D eigenvalue weighted by atomic mass is 32.2. The topological polar surface area (TPSA) is 72.9 Å². The third-order valence-electron chi connectivity index (χ3n) is 3.51. The Hall–Kier alpha value is -0.920. The Morgan fingerprint density at radius 1 is 1.48 bits per heavy atom. The van der Waals surface area contributed by atoms with Crippen molar-refractivity contribution in [2.24, 2.45) is 0 Å². The summed E-state index contributed by atoms with van der Waals surface area (Å²) in [6.45, 7) is 6.47. The molecule has 1 saturated heterocycles. The number of hydrogen-bond acceptors (Lipinski definition) is 5. The molecule has 0 aromatic heterocycles. The highest BCUT2D eigenvalue weighted by Gasteiger charge is 2.36. The van der Waals surface area contributed by atoms with E-state index < -0.39 is 15.9 Å². The molecule has 1 aliphatic rings. The van der Waals surface area contributed by atoms with E-state index in [2.05, 4.69) is 6.58 Å². The molecule has 1 heterocycles. The van der Waals surface area contributed by atoms with E-state index in [1.807, 2.05) is 0 Å². The van der Waals surface area contributed by atoms with Crippen LogP contribution in [0.1, 0.15) is 19.8 Å². The van der Waals surface area contributed by atoms with E-state index in [0.29, 0.717) is 32.6 Å². The van der Waals surface area contributed by atoms with Gasteiger partial charge in [0.15, 0.2) is 9.84 Å². The van der Waals surface area contributed by atoms with Gasteiger partial charge in [-0.1, -0.05) is 6.08 Å². The minimum Gasteiger partial charge on any atom is -0.383 e. The second kappa shape index (κ2) is 8.51. The van der Waals surface area contributed by atoms with Crippen molar-refractivity contribution in [3.8, 4) is 0 Å². The van der Waals surface area contributed by atoms with Gasteiger partial charge in [-0.15, -0.1) is 6.58 Å². The maximum atomic E-state index is 12.5. The lowest BCUT2D eigenvalue weighted by molar-refractivity contribution is -0.145. The summed E-state index contributed by atoms with van der Waals surface area (Å²) < 4.78 is 33.7. The molecule has 6 nitrogen and oxygen atoms in total. The molecule has 0 aliphatic carbocycles. The van der Waals surface area contributed by atoms with Gasteiger partial charge in [0.25, 0.3) is 5.91 Å². The predicted molar refractivity (Wildman–Crippen MR) is 80.9 cm³/mol. The number of carbonyl (C=O) groups is 1. The summed E-state index contributed by atoms with van der Waals surface area (Å²) in [6, 6.07) is -0.275.